The molecule has 0 spiro atoms. The minimum Gasteiger partial charge on any atom is -0.427 e. The first-order valence-electron chi connectivity index (χ1n) is 6.79. The van der Waals surface area contributed by atoms with Crippen LogP contribution in [0.5, 0.6) is 0 Å². The van der Waals surface area contributed by atoms with Crippen LogP contribution in [0.4, 0.5) is 0 Å². The summed E-state index contributed by atoms with van der Waals surface area (Å²) in [4.78, 5) is 22.5. The van der Waals surface area contributed by atoms with E-state index >= 15 is 0 Å². The van der Waals surface area contributed by atoms with Gasteiger partial charge in [-0.1, -0.05) is 19.3 Å². The number of carbonyl (C=O) groups is 1. The summed E-state index contributed by atoms with van der Waals surface area (Å²) < 4.78 is 5.41. The second-order valence-corrected chi connectivity index (χ2v) is 5.18. The number of ketones is 1. The van der Waals surface area contributed by atoms with E-state index < -0.39 is 0 Å². The van der Waals surface area contributed by atoms with Crippen LogP contribution in [0.15, 0.2) is 21.3 Å². The summed E-state index contributed by atoms with van der Waals surface area (Å²) in [6.07, 6.45) is 7.08. The molecular weight excluding hydrogens is 228 g/mol. The van der Waals surface area contributed by atoms with Gasteiger partial charge < -0.3 is 9.21 Å². The van der Waals surface area contributed by atoms with E-state index in [0.717, 1.165) is 24.2 Å². The molecule has 0 saturated heterocycles. The average Bonchev–Trinajstić information content (AvgIpc) is 2.38. The SMILES string of the molecule is CC(=O)CCc1ccc(=O)oc1C1CCCCC1. The molecule has 18 heavy (non-hydrogen) atoms. The monoisotopic (exact) mass is 248 g/mol. The van der Waals surface area contributed by atoms with Crippen molar-refractivity contribution in [2.45, 2.75) is 57.8 Å². The molecule has 1 saturated carbocycles. The lowest BCUT2D eigenvalue weighted by molar-refractivity contribution is -0.116. The molecule has 1 aliphatic rings. The number of hydrogen-bond donors (Lipinski definition) is 0. The van der Waals surface area contributed by atoms with Crippen molar-refractivity contribution in [1.29, 1.82) is 0 Å². The number of rotatable bonds is 4. The van der Waals surface area contributed by atoms with Crippen LogP contribution in [0, 0.1) is 0 Å². The molecule has 0 atom stereocenters. The third-order valence-electron chi connectivity index (χ3n) is 3.67. The fraction of sp³-hybridized carbons (Fsp3) is 0.600. The van der Waals surface area contributed by atoms with E-state index in [1.165, 1.54) is 25.3 Å². The van der Waals surface area contributed by atoms with Gasteiger partial charge in [-0.25, -0.2) is 4.79 Å². The highest BCUT2D eigenvalue weighted by Gasteiger charge is 2.21. The summed E-state index contributed by atoms with van der Waals surface area (Å²) >= 11 is 0. The third-order valence-corrected chi connectivity index (χ3v) is 3.67. The van der Waals surface area contributed by atoms with Gasteiger partial charge in [0.1, 0.15) is 11.5 Å². The zero-order valence-electron chi connectivity index (χ0n) is 10.9. The minimum absolute atomic E-state index is 0.177. The maximum atomic E-state index is 11.4. The van der Waals surface area contributed by atoms with Gasteiger partial charge in [0.25, 0.3) is 0 Å². The van der Waals surface area contributed by atoms with Gasteiger partial charge in [0, 0.05) is 18.4 Å². The van der Waals surface area contributed by atoms with Crippen molar-refractivity contribution in [2.24, 2.45) is 0 Å². The molecule has 0 bridgehead atoms. The van der Waals surface area contributed by atoms with Crippen LogP contribution in [0.1, 0.15) is 62.7 Å². The predicted octanol–water partition coefficient (Wildman–Crippen LogP) is 3.21. The number of Topliss-reactive ketones (excluding diaryl/α,β-unsaturated/α-hetero) is 1. The molecule has 3 heteroatoms. The molecule has 1 aliphatic carbocycles. The number of carbonyl (C=O) groups excluding carboxylic acids is 1. The Bertz CT molecular complexity index is 467. The Kier molecular flexibility index (Phi) is 4.34. The normalized spacial score (nSPS) is 16.7. The van der Waals surface area contributed by atoms with Crippen LogP contribution in [-0.4, -0.2) is 5.78 Å². The largest absolute Gasteiger partial charge is 0.427 e. The van der Waals surface area contributed by atoms with E-state index in [9.17, 15) is 9.59 Å². The minimum atomic E-state index is -0.276. The van der Waals surface area contributed by atoms with Crippen molar-refractivity contribution < 1.29 is 9.21 Å². The molecule has 0 amide bonds. The molecule has 3 nitrogen and oxygen atoms in total. The summed E-state index contributed by atoms with van der Waals surface area (Å²) in [5, 5.41) is 0. The van der Waals surface area contributed by atoms with Gasteiger partial charge in [-0.3, -0.25) is 0 Å². The topological polar surface area (TPSA) is 47.3 Å². The number of aryl methyl sites for hydroxylation is 1. The van der Waals surface area contributed by atoms with E-state index in [1.807, 2.05) is 6.07 Å². The first-order valence-corrected chi connectivity index (χ1v) is 6.79. The highest BCUT2D eigenvalue weighted by atomic mass is 16.4. The highest BCUT2D eigenvalue weighted by Crippen LogP contribution is 2.34. The standard InChI is InChI=1S/C15H20O3/c1-11(16)7-8-13-9-10-14(17)18-15(13)12-5-3-2-4-6-12/h9-10,12H,2-8H2,1H3. The lowest BCUT2D eigenvalue weighted by Gasteiger charge is -2.22. The van der Waals surface area contributed by atoms with Crippen LogP contribution in [0.3, 0.4) is 0 Å². The maximum Gasteiger partial charge on any atom is 0.335 e. The third kappa shape index (κ3) is 3.31. The van der Waals surface area contributed by atoms with Crippen LogP contribution in [-0.2, 0) is 11.2 Å². The Morgan fingerprint density at radius 1 is 1.28 bits per heavy atom. The predicted molar refractivity (Wildman–Crippen MR) is 69.8 cm³/mol. The molecule has 98 valence electrons. The van der Waals surface area contributed by atoms with E-state index in [4.69, 9.17) is 4.42 Å². The smallest absolute Gasteiger partial charge is 0.335 e. The molecule has 1 aromatic heterocycles. The van der Waals surface area contributed by atoms with Gasteiger partial charge in [0.2, 0.25) is 0 Å². The van der Waals surface area contributed by atoms with E-state index in [-0.39, 0.29) is 11.4 Å². The van der Waals surface area contributed by atoms with Gasteiger partial charge in [0.05, 0.1) is 0 Å². The van der Waals surface area contributed by atoms with Gasteiger partial charge in [-0.15, -0.1) is 0 Å². The maximum absolute atomic E-state index is 11.4. The van der Waals surface area contributed by atoms with Gasteiger partial charge in [-0.2, -0.15) is 0 Å². The molecule has 0 aliphatic heterocycles. The molecule has 0 aromatic carbocycles. The Balaban J connectivity index is 2.22. The van der Waals surface area contributed by atoms with Crippen molar-refractivity contribution >= 4 is 5.78 Å². The van der Waals surface area contributed by atoms with Gasteiger partial charge in [-0.05, 0) is 37.8 Å². The first-order chi connectivity index (χ1) is 8.66. The van der Waals surface area contributed by atoms with Crippen LogP contribution in [0.2, 0.25) is 0 Å². The Labute approximate surface area is 107 Å². The molecule has 0 unspecified atom stereocenters. The summed E-state index contributed by atoms with van der Waals surface area (Å²) in [7, 11) is 0. The van der Waals surface area contributed by atoms with Crippen LogP contribution >= 0.6 is 0 Å². The molecule has 0 N–H and O–H groups in total. The second-order valence-electron chi connectivity index (χ2n) is 5.18. The summed E-state index contributed by atoms with van der Waals surface area (Å²) in [5.74, 6) is 1.38. The van der Waals surface area contributed by atoms with Gasteiger partial charge in [0.15, 0.2) is 0 Å². The zero-order chi connectivity index (χ0) is 13.0. The molecule has 1 fully saturated rings. The Hall–Kier alpha value is -1.38. The summed E-state index contributed by atoms with van der Waals surface area (Å²) in [6.45, 7) is 1.60. The zero-order valence-corrected chi connectivity index (χ0v) is 10.9. The summed E-state index contributed by atoms with van der Waals surface area (Å²) in [5.41, 5.74) is 0.763. The second kappa shape index (κ2) is 5.98. The Morgan fingerprint density at radius 3 is 2.67 bits per heavy atom. The first kappa shape index (κ1) is 13.1. The molecule has 2 rings (SSSR count). The lowest BCUT2D eigenvalue weighted by atomic mass is 9.85. The Morgan fingerprint density at radius 2 is 2.00 bits per heavy atom. The number of hydrogen-bond acceptors (Lipinski definition) is 3. The molecule has 1 aromatic rings. The quantitative estimate of drug-likeness (QED) is 0.822. The van der Waals surface area contributed by atoms with Crippen molar-refractivity contribution in [3.8, 4) is 0 Å². The van der Waals surface area contributed by atoms with E-state index in [0.29, 0.717) is 18.8 Å². The van der Waals surface area contributed by atoms with Crippen LogP contribution < -0.4 is 5.63 Å². The van der Waals surface area contributed by atoms with Crippen molar-refractivity contribution in [3.63, 3.8) is 0 Å². The van der Waals surface area contributed by atoms with Crippen LogP contribution in [0.25, 0.3) is 0 Å². The van der Waals surface area contributed by atoms with E-state index in [2.05, 4.69) is 0 Å². The molecular formula is C15H20O3. The lowest BCUT2D eigenvalue weighted by Crippen LogP contribution is -2.12. The van der Waals surface area contributed by atoms with Crippen molar-refractivity contribution in [1.82, 2.24) is 0 Å². The van der Waals surface area contributed by atoms with E-state index in [1.54, 1.807) is 6.92 Å². The van der Waals surface area contributed by atoms with Crippen molar-refractivity contribution in [3.05, 3.63) is 33.9 Å². The fourth-order valence-corrected chi connectivity index (χ4v) is 2.69. The highest BCUT2D eigenvalue weighted by molar-refractivity contribution is 5.75. The van der Waals surface area contributed by atoms with Crippen molar-refractivity contribution in [2.75, 3.05) is 0 Å². The summed E-state index contributed by atoms with van der Waals surface area (Å²) in [6, 6.07) is 3.29. The van der Waals surface area contributed by atoms with Gasteiger partial charge >= 0.3 is 5.63 Å². The average molecular weight is 248 g/mol. The molecule has 1 heterocycles. The fourth-order valence-electron chi connectivity index (χ4n) is 2.69. The molecule has 0 radical (unpaired) electrons.